The van der Waals surface area contributed by atoms with Crippen LogP contribution in [0.3, 0.4) is 0 Å². The van der Waals surface area contributed by atoms with Gasteiger partial charge in [-0.3, -0.25) is 4.79 Å². The van der Waals surface area contributed by atoms with E-state index < -0.39 is 0 Å². The van der Waals surface area contributed by atoms with Gasteiger partial charge in [-0.2, -0.15) is 0 Å². The van der Waals surface area contributed by atoms with Gasteiger partial charge < -0.3 is 9.73 Å². The molecule has 3 aromatic rings. The number of benzene rings is 2. The molecule has 1 amide bonds. The molecule has 0 radical (unpaired) electrons. The summed E-state index contributed by atoms with van der Waals surface area (Å²) in [5.74, 6) is -0.0447. The van der Waals surface area contributed by atoms with Gasteiger partial charge in [0.15, 0.2) is 0 Å². The summed E-state index contributed by atoms with van der Waals surface area (Å²) < 4.78 is 5.04. The molecule has 0 aliphatic carbocycles. The van der Waals surface area contributed by atoms with E-state index in [4.69, 9.17) is 4.42 Å². The molecule has 3 rings (SSSR count). The summed E-state index contributed by atoms with van der Waals surface area (Å²) in [7, 11) is 0. The zero-order valence-corrected chi connectivity index (χ0v) is 11.9. The summed E-state index contributed by atoms with van der Waals surface area (Å²) >= 11 is 0. The first-order chi connectivity index (χ1) is 10.2. The lowest BCUT2D eigenvalue weighted by atomic mass is 10.1. The van der Waals surface area contributed by atoms with Crippen LogP contribution in [0.25, 0.3) is 10.8 Å². The van der Waals surface area contributed by atoms with E-state index in [1.807, 2.05) is 55.5 Å². The van der Waals surface area contributed by atoms with Crippen molar-refractivity contribution in [2.24, 2.45) is 0 Å². The second-order valence-corrected chi connectivity index (χ2v) is 5.27. The third-order valence-electron chi connectivity index (χ3n) is 3.51. The van der Waals surface area contributed by atoms with Crippen molar-refractivity contribution in [2.45, 2.75) is 19.4 Å². The molecule has 0 fully saturated rings. The van der Waals surface area contributed by atoms with Gasteiger partial charge in [-0.05, 0) is 47.9 Å². The lowest BCUT2D eigenvalue weighted by molar-refractivity contribution is 0.0940. The molecular formula is C18H17NO2. The Morgan fingerprint density at radius 1 is 1.14 bits per heavy atom. The minimum absolute atomic E-state index is 0.0447. The molecule has 0 saturated heterocycles. The van der Waals surface area contributed by atoms with Gasteiger partial charge in [0, 0.05) is 11.6 Å². The summed E-state index contributed by atoms with van der Waals surface area (Å²) in [5, 5.41) is 5.23. The van der Waals surface area contributed by atoms with E-state index in [2.05, 4.69) is 5.32 Å². The predicted molar refractivity (Wildman–Crippen MR) is 83.3 cm³/mol. The smallest absolute Gasteiger partial charge is 0.251 e. The number of furan rings is 1. The number of nitrogens with one attached hydrogen (secondary N) is 1. The summed E-state index contributed by atoms with van der Waals surface area (Å²) in [4.78, 5) is 12.3. The van der Waals surface area contributed by atoms with Crippen molar-refractivity contribution in [1.82, 2.24) is 5.32 Å². The monoisotopic (exact) mass is 279 g/mol. The molecule has 0 aliphatic heterocycles. The number of hydrogen-bond donors (Lipinski definition) is 1. The van der Waals surface area contributed by atoms with Crippen LogP contribution in [0.4, 0.5) is 0 Å². The Morgan fingerprint density at radius 2 is 1.95 bits per heavy atom. The first-order valence-corrected chi connectivity index (χ1v) is 7.03. The summed E-state index contributed by atoms with van der Waals surface area (Å²) in [6.07, 6.45) is 4.11. The fourth-order valence-corrected chi connectivity index (χ4v) is 2.45. The minimum atomic E-state index is -0.0447. The molecule has 106 valence electrons. The van der Waals surface area contributed by atoms with Crippen molar-refractivity contribution >= 4 is 16.7 Å². The van der Waals surface area contributed by atoms with E-state index in [-0.39, 0.29) is 11.9 Å². The predicted octanol–water partition coefficient (Wildman–Crippen LogP) is 3.79. The van der Waals surface area contributed by atoms with Crippen LogP contribution in [-0.2, 0) is 6.42 Å². The van der Waals surface area contributed by atoms with Crippen LogP contribution in [0, 0.1) is 0 Å². The van der Waals surface area contributed by atoms with E-state index in [1.165, 1.54) is 0 Å². The molecule has 1 N–H and O–H groups in total. The van der Waals surface area contributed by atoms with Crippen LogP contribution in [0.2, 0.25) is 0 Å². The number of amides is 1. The van der Waals surface area contributed by atoms with E-state index in [1.54, 1.807) is 12.5 Å². The number of rotatable bonds is 4. The quantitative estimate of drug-likeness (QED) is 0.789. The zero-order chi connectivity index (χ0) is 14.7. The van der Waals surface area contributed by atoms with E-state index in [0.29, 0.717) is 5.56 Å². The van der Waals surface area contributed by atoms with Gasteiger partial charge in [0.1, 0.15) is 0 Å². The van der Waals surface area contributed by atoms with Crippen LogP contribution >= 0.6 is 0 Å². The lowest BCUT2D eigenvalue weighted by Gasteiger charge is -2.13. The Hall–Kier alpha value is -2.55. The molecular weight excluding hydrogens is 262 g/mol. The molecule has 0 bridgehead atoms. The first kappa shape index (κ1) is 13.4. The normalized spacial score (nSPS) is 12.2. The maximum absolute atomic E-state index is 12.3. The molecule has 21 heavy (non-hydrogen) atoms. The average Bonchev–Trinajstić information content (AvgIpc) is 2.99. The van der Waals surface area contributed by atoms with Crippen molar-refractivity contribution < 1.29 is 9.21 Å². The van der Waals surface area contributed by atoms with Gasteiger partial charge in [0.2, 0.25) is 0 Å². The van der Waals surface area contributed by atoms with Crippen molar-refractivity contribution in [3.8, 4) is 0 Å². The van der Waals surface area contributed by atoms with Crippen molar-refractivity contribution in [3.63, 3.8) is 0 Å². The molecule has 1 atom stereocenters. The van der Waals surface area contributed by atoms with Crippen LogP contribution < -0.4 is 5.32 Å². The fourth-order valence-electron chi connectivity index (χ4n) is 2.45. The molecule has 1 heterocycles. The fraction of sp³-hybridized carbons (Fsp3) is 0.167. The van der Waals surface area contributed by atoms with Crippen LogP contribution in [0.15, 0.2) is 65.5 Å². The molecule has 0 saturated carbocycles. The van der Waals surface area contributed by atoms with Gasteiger partial charge in [-0.1, -0.05) is 30.3 Å². The average molecular weight is 279 g/mol. The van der Waals surface area contributed by atoms with Gasteiger partial charge >= 0.3 is 0 Å². The van der Waals surface area contributed by atoms with Crippen molar-refractivity contribution in [1.29, 1.82) is 0 Å². The summed E-state index contributed by atoms with van der Waals surface area (Å²) in [6, 6.07) is 15.8. The second-order valence-electron chi connectivity index (χ2n) is 5.27. The lowest BCUT2D eigenvalue weighted by Crippen LogP contribution is -2.33. The Bertz CT molecular complexity index is 747. The van der Waals surface area contributed by atoms with Gasteiger partial charge in [0.25, 0.3) is 5.91 Å². The number of carbonyl (C=O) groups is 1. The van der Waals surface area contributed by atoms with Crippen molar-refractivity contribution in [2.75, 3.05) is 0 Å². The Balaban J connectivity index is 1.71. The Kier molecular flexibility index (Phi) is 3.73. The van der Waals surface area contributed by atoms with Crippen molar-refractivity contribution in [3.05, 3.63) is 72.2 Å². The zero-order valence-electron chi connectivity index (χ0n) is 11.9. The molecule has 1 unspecified atom stereocenters. The minimum Gasteiger partial charge on any atom is -0.472 e. The van der Waals surface area contributed by atoms with Gasteiger partial charge in [-0.25, -0.2) is 0 Å². The van der Waals surface area contributed by atoms with Gasteiger partial charge in [0.05, 0.1) is 12.5 Å². The van der Waals surface area contributed by atoms with E-state index in [0.717, 1.165) is 22.8 Å². The number of fused-ring (bicyclic) bond motifs is 1. The Labute approximate surface area is 123 Å². The number of hydrogen-bond acceptors (Lipinski definition) is 2. The third-order valence-corrected chi connectivity index (χ3v) is 3.51. The summed E-state index contributed by atoms with van der Waals surface area (Å²) in [6.45, 7) is 1.99. The largest absolute Gasteiger partial charge is 0.472 e. The molecule has 3 nitrogen and oxygen atoms in total. The maximum Gasteiger partial charge on any atom is 0.251 e. The molecule has 0 aliphatic rings. The third kappa shape index (κ3) is 3.14. The van der Waals surface area contributed by atoms with Crippen LogP contribution in [-0.4, -0.2) is 11.9 Å². The first-order valence-electron chi connectivity index (χ1n) is 7.03. The maximum atomic E-state index is 12.3. The standard InChI is InChI=1S/C18H17NO2/c1-13(10-14-8-9-21-12-14)19-18(20)17-7-6-15-4-2-3-5-16(15)11-17/h2-9,11-13H,10H2,1H3,(H,19,20). The molecule has 0 spiro atoms. The number of carbonyl (C=O) groups excluding carboxylic acids is 1. The highest BCUT2D eigenvalue weighted by atomic mass is 16.3. The highest BCUT2D eigenvalue weighted by Crippen LogP contribution is 2.15. The van der Waals surface area contributed by atoms with Crippen LogP contribution in [0.1, 0.15) is 22.8 Å². The Morgan fingerprint density at radius 3 is 2.71 bits per heavy atom. The summed E-state index contributed by atoms with van der Waals surface area (Å²) in [5.41, 5.74) is 1.77. The highest BCUT2D eigenvalue weighted by Gasteiger charge is 2.11. The SMILES string of the molecule is CC(Cc1ccoc1)NC(=O)c1ccc2ccccc2c1. The topological polar surface area (TPSA) is 42.2 Å². The second kappa shape index (κ2) is 5.83. The van der Waals surface area contributed by atoms with E-state index >= 15 is 0 Å². The van der Waals surface area contributed by atoms with Gasteiger partial charge in [-0.15, -0.1) is 0 Å². The van der Waals surface area contributed by atoms with Crippen LogP contribution in [0.5, 0.6) is 0 Å². The molecule has 3 heteroatoms. The molecule has 2 aromatic carbocycles. The van der Waals surface area contributed by atoms with E-state index in [9.17, 15) is 4.79 Å². The highest BCUT2D eigenvalue weighted by molar-refractivity contribution is 5.98. The molecule has 1 aromatic heterocycles.